The molecular formula is C37H37BrN2O6S. The second-order valence-electron chi connectivity index (χ2n) is 11.1. The average molecular weight is 718 g/mol. The Bertz CT molecular complexity index is 2010. The summed E-state index contributed by atoms with van der Waals surface area (Å²) < 4.78 is 26.6. The van der Waals surface area contributed by atoms with Crippen LogP contribution in [0.15, 0.2) is 98.8 Å². The first kappa shape index (κ1) is 33.9. The van der Waals surface area contributed by atoms with Crippen molar-refractivity contribution in [2.45, 2.75) is 52.9 Å². The Morgan fingerprint density at radius 3 is 2.55 bits per heavy atom. The highest BCUT2D eigenvalue weighted by Gasteiger charge is 2.35. The lowest BCUT2D eigenvalue weighted by Crippen LogP contribution is -2.40. The fourth-order valence-corrected chi connectivity index (χ4v) is 6.74. The van der Waals surface area contributed by atoms with Crippen molar-refractivity contribution < 1.29 is 23.7 Å². The lowest BCUT2D eigenvalue weighted by molar-refractivity contribution is -0.139. The van der Waals surface area contributed by atoms with Gasteiger partial charge in [0.15, 0.2) is 16.3 Å². The van der Waals surface area contributed by atoms with Gasteiger partial charge in [0.1, 0.15) is 18.4 Å². The molecule has 0 spiro atoms. The first-order valence-electron chi connectivity index (χ1n) is 15.3. The molecule has 10 heteroatoms. The number of allylic oxidation sites excluding steroid dienone is 2. The summed E-state index contributed by atoms with van der Waals surface area (Å²) in [4.78, 5) is 32.8. The summed E-state index contributed by atoms with van der Waals surface area (Å²) in [6.45, 7) is 11.9. The summed E-state index contributed by atoms with van der Waals surface area (Å²) in [5, 5.41) is 0. The SMILES string of the molecule is C=CCc1cc(/C=c2/sc3n(c2=O)[C@@H](c2ccccc2OC(C)C)C(C(=O)OCC)=C(C)N=3)cc(OC)c1OCc1ccc(Br)cc1. The van der Waals surface area contributed by atoms with Crippen LogP contribution in [0.25, 0.3) is 6.08 Å². The molecule has 0 saturated carbocycles. The summed E-state index contributed by atoms with van der Waals surface area (Å²) in [6.07, 6.45) is 4.03. The number of esters is 1. The van der Waals surface area contributed by atoms with Crippen molar-refractivity contribution in [1.29, 1.82) is 0 Å². The van der Waals surface area contributed by atoms with E-state index in [2.05, 4.69) is 22.5 Å². The number of halogens is 1. The average Bonchev–Trinajstić information content (AvgIpc) is 3.34. The number of rotatable bonds is 12. The third-order valence-electron chi connectivity index (χ3n) is 7.43. The van der Waals surface area contributed by atoms with Crippen LogP contribution in [-0.2, 0) is 22.6 Å². The van der Waals surface area contributed by atoms with Crippen molar-refractivity contribution >= 4 is 39.3 Å². The predicted octanol–water partition coefficient (Wildman–Crippen LogP) is 6.66. The van der Waals surface area contributed by atoms with E-state index in [1.165, 1.54) is 11.3 Å². The smallest absolute Gasteiger partial charge is 0.338 e. The van der Waals surface area contributed by atoms with Gasteiger partial charge in [-0.15, -0.1) is 6.58 Å². The quantitative estimate of drug-likeness (QED) is 0.120. The molecule has 1 aliphatic heterocycles. The van der Waals surface area contributed by atoms with E-state index in [9.17, 15) is 9.59 Å². The summed E-state index contributed by atoms with van der Waals surface area (Å²) in [7, 11) is 1.59. The van der Waals surface area contributed by atoms with Gasteiger partial charge in [0, 0.05) is 15.6 Å². The number of thiazole rings is 1. The van der Waals surface area contributed by atoms with E-state index in [1.807, 2.05) is 80.6 Å². The largest absolute Gasteiger partial charge is 0.493 e. The molecule has 0 saturated heterocycles. The lowest BCUT2D eigenvalue weighted by atomic mass is 9.95. The first-order chi connectivity index (χ1) is 22.6. The highest BCUT2D eigenvalue weighted by Crippen LogP contribution is 2.37. The zero-order valence-electron chi connectivity index (χ0n) is 27.0. The van der Waals surface area contributed by atoms with E-state index in [-0.39, 0.29) is 18.3 Å². The summed E-state index contributed by atoms with van der Waals surface area (Å²) >= 11 is 4.72. The number of carbonyl (C=O) groups is 1. The predicted molar refractivity (Wildman–Crippen MR) is 188 cm³/mol. The second kappa shape index (κ2) is 15.0. The first-order valence-corrected chi connectivity index (χ1v) is 16.9. The Balaban J connectivity index is 1.63. The van der Waals surface area contributed by atoms with Crippen molar-refractivity contribution in [3.8, 4) is 17.2 Å². The number of aromatic nitrogens is 1. The Kier molecular flexibility index (Phi) is 10.8. The zero-order valence-corrected chi connectivity index (χ0v) is 29.4. The van der Waals surface area contributed by atoms with E-state index in [0.29, 0.717) is 56.4 Å². The van der Waals surface area contributed by atoms with E-state index < -0.39 is 12.0 Å². The molecule has 4 aromatic rings. The van der Waals surface area contributed by atoms with Crippen LogP contribution >= 0.6 is 27.3 Å². The Morgan fingerprint density at radius 1 is 1.13 bits per heavy atom. The van der Waals surface area contributed by atoms with Gasteiger partial charge in [-0.25, -0.2) is 9.79 Å². The molecule has 0 amide bonds. The number of carbonyl (C=O) groups excluding carboxylic acids is 1. The number of para-hydroxylation sites is 1. The lowest BCUT2D eigenvalue weighted by Gasteiger charge is -2.26. The number of hydrogen-bond acceptors (Lipinski definition) is 8. The summed E-state index contributed by atoms with van der Waals surface area (Å²) in [5.41, 5.74) is 3.81. The molecule has 3 aromatic carbocycles. The minimum absolute atomic E-state index is 0.121. The molecular weight excluding hydrogens is 680 g/mol. The molecule has 0 radical (unpaired) electrons. The molecule has 0 unspecified atom stereocenters. The molecule has 0 N–H and O–H groups in total. The van der Waals surface area contributed by atoms with E-state index in [4.69, 9.17) is 23.9 Å². The highest BCUT2D eigenvalue weighted by molar-refractivity contribution is 9.10. The monoisotopic (exact) mass is 716 g/mol. The normalized spacial score (nSPS) is 14.4. The maximum absolute atomic E-state index is 14.3. The number of fused-ring (bicyclic) bond motifs is 1. The fourth-order valence-electron chi connectivity index (χ4n) is 5.43. The van der Waals surface area contributed by atoms with Gasteiger partial charge in [-0.2, -0.15) is 0 Å². The number of hydrogen-bond donors (Lipinski definition) is 0. The van der Waals surface area contributed by atoms with E-state index >= 15 is 0 Å². The molecule has 2 heterocycles. The zero-order chi connectivity index (χ0) is 33.7. The molecule has 1 atom stereocenters. The van der Waals surface area contributed by atoms with Crippen LogP contribution in [0.2, 0.25) is 0 Å². The number of ether oxygens (including phenoxy) is 4. The number of nitrogens with zero attached hydrogens (tertiary/aromatic N) is 2. The van der Waals surface area contributed by atoms with Crippen LogP contribution in [0.3, 0.4) is 0 Å². The molecule has 0 aliphatic carbocycles. The van der Waals surface area contributed by atoms with Crippen molar-refractivity contribution in [2.24, 2.45) is 4.99 Å². The fraction of sp³-hybridized carbons (Fsp3) is 0.270. The Morgan fingerprint density at radius 2 is 1.87 bits per heavy atom. The molecule has 244 valence electrons. The van der Waals surface area contributed by atoms with Gasteiger partial charge in [0.05, 0.1) is 35.6 Å². The minimum Gasteiger partial charge on any atom is -0.493 e. The van der Waals surface area contributed by atoms with Gasteiger partial charge in [-0.05, 0) is 81.7 Å². The third kappa shape index (κ3) is 7.44. The molecule has 8 nitrogen and oxygen atoms in total. The third-order valence-corrected chi connectivity index (χ3v) is 8.94. The van der Waals surface area contributed by atoms with E-state index in [1.54, 1.807) is 31.6 Å². The van der Waals surface area contributed by atoms with Crippen molar-refractivity contribution in [1.82, 2.24) is 4.57 Å². The highest BCUT2D eigenvalue weighted by atomic mass is 79.9. The van der Waals surface area contributed by atoms with Crippen LogP contribution in [0.1, 0.15) is 56.0 Å². The summed E-state index contributed by atoms with van der Waals surface area (Å²) in [6, 6.07) is 18.4. The van der Waals surface area contributed by atoms with Crippen molar-refractivity contribution in [2.75, 3.05) is 13.7 Å². The standard InChI is InChI=1S/C37H37BrN2O6S/c1-7-11-26-18-25(19-30(43-6)34(26)45-21-24-14-16-27(38)17-15-24)20-31-35(41)40-33(28-12-9-10-13-29(28)46-22(3)4)32(36(42)44-8-2)23(5)39-37(40)47-31/h7,9-10,12-20,22,33H,1,8,11,21H2,2-6H3/b31-20+/t33-/m0/s1. The Labute approximate surface area is 286 Å². The van der Waals surface area contributed by atoms with Crippen molar-refractivity contribution in [3.05, 3.63) is 131 Å². The number of benzene rings is 3. The van der Waals surface area contributed by atoms with Gasteiger partial charge in [-0.1, -0.05) is 63.7 Å². The Hall–Kier alpha value is -4.41. The van der Waals surface area contributed by atoms with Crippen molar-refractivity contribution in [3.63, 3.8) is 0 Å². The molecule has 0 bridgehead atoms. The molecule has 0 fully saturated rings. The van der Waals surface area contributed by atoms with Crippen LogP contribution in [0.5, 0.6) is 17.2 Å². The summed E-state index contributed by atoms with van der Waals surface area (Å²) in [5.74, 6) is 1.21. The molecule has 5 rings (SSSR count). The van der Waals surface area contributed by atoms with Gasteiger partial charge in [0.25, 0.3) is 5.56 Å². The van der Waals surface area contributed by atoms with Gasteiger partial charge in [0.2, 0.25) is 0 Å². The topological polar surface area (TPSA) is 88.4 Å². The van der Waals surface area contributed by atoms with E-state index in [0.717, 1.165) is 21.2 Å². The number of methoxy groups -OCH3 is 1. The van der Waals surface area contributed by atoms with Gasteiger partial charge in [-0.3, -0.25) is 9.36 Å². The van der Waals surface area contributed by atoms with Crippen LogP contribution in [0, 0.1) is 0 Å². The maximum Gasteiger partial charge on any atom is 0.338 e. The molecule has 1 aliphatic rings. The minimum atomic E-state index is -0.789. The van der Waals surface area contributed by atoms with Crippen LogP contribution < -0.4 is 29.1 Å². The van der Waals surface area contributed by atoms with Crippen LogP contribution in [0.4, 0.5) is 0 Å². The van der Waals surface area contributed by atoms with Crippen LogP contribution in [-0.4, -0.2) is 30.4 Å². The van der Waals surface area contributed by atoms with Gasteiger partial charge < -0.3 is 18.9 Å². The van der Waals surface area contributed by atoms with Gasteiger partial charge >= 0.3 is 5.97 Å². The second-order valence-corrected chi connectivity index (χ2v) is 13.1. The molecule has 47 heavy (non-hydrogen) atoms. The molecule has 1 aromatic heterocycles. The maximum atomic E-state index is 14.3.